The van der Waals surface area contributed by atoms with Gasteiger partial charge < -0.3 is 0 Å². The molecule has 1 heterocycles. The maximum absolute atomic E-state index is 9.99. The summed E-state index contributed by atoms with van der Waals surface area (Å²) in [5, 5.41) is 9.99. The van der Waals surface area contributed by atoms with E-state index in [-0.39, 0.29) is 6.54 Å². The van der Waals surface area contributed by atoms with Crippen LogP contribution in [0.4, 0.5) is 0 Å². The SMILES string of the molecule is Cc1cnc(C[N+](=O)[O-])cn1. The zero-order valence-corrected chi connectivity index (χ0v) is 6.02. The molecular formula is C6H7N3O2. The van der Waals surface area contributed by atoms with Gasteiger partial charge in [0.05, 0.1) is 11.9 Å². The van der Waals surface area contributed by atoms with Crippen molar-refractivity contribution in [1.82, 2.24) is 9.97 Å². The number of aromatic nitrogens is 2. The summed E-state index contributed by atoms with van der Waals surface area (Å²) in [6.07, 6.45) is 2.93. The van der Waals surface area contributed by atoms with E-state index in [4.69, 9.17) is 0 Å². The summed E-state index contributed by atoms with van der Waals surface area (Å²) < 4.78 is 0. The van der Waals surface area contributed by atoms with E-state index in [1.165, 1.54) is 12.4 Å². The van der Waals surface area contributed by atoms with E-state index in [1.807, 2.05) is 0 Å². The Morgan fingerprint density at radius 2 is 2.27 bits per heavy atom. The first-order valence-corrected chi connectivity index (χ1v) is 3.08. The first kappa shape index (κ1) is 7.59. The van der Waals surface area contributed by atoms with Gasteiger partial charge in [0.1, 0.15) is 5.69 Å². The van der Waals surface area contributed by atoms with Crippen LogP contribution in [-0.4, -0.2) is 14.9 Å². The minimum Gasteiger partial charge on any atom is -0.264 e. The molecule has 0 aliphatic rings. The molecule has 0 aromatic carbocycles. The lowest BCUT2D eigenvalue weighted by molar-refractivity contribution is -0.497. The zero-order valence-electron chi connectivity index (χ0n) is 6.02. The highest BCUT2D eigenvalue weighted by Crippen LogP contribution is 1.94. The molecule has 5 nitrogen and oxygen atoms in total. The van der Waals surface area contributed by atoms with E-state index in [2.05, 4.69) is 9.97 Å². The lowest BCUT2D eigenvalue weighted by Crippen LogP contribution is -2.01. The van der Waals surface area contributed by atoms with Crippen LogP contribution in [-0.2, 0) is 6.54 Å². The van der Waals surface area contributed by atoms with Gasteiger partial charge in [0, 0.05) is 11.1 Å². The highest BCUT2D eigenvalue weighted by atomic mass is 16.6. The van der Waals surface area contributed by atoms with Crippen molar-refractivity contribution in [3.63, 3.8) is 0 Å². The highest BCUT2D eigenvalue weighted by Gasteiger charge is 2.01. The van der Waals surface area contributed by atoms with E-state index in [1.54, 1.807) is 6.92 Å². The lowest BCUT2D eigenvalue weighted by atomic mass is 10.4. The lowest BCUT2D eigenvalue weighted by Gasteiger charge is -1.93. The maximum Gasteiger partial charge on any atom is 0.247 e. The summed E-state index contributed by atoms with van der Waals surface area (Å²) in [5.74, 6) is 0. The fourth-order valence-corrected chi connectivity index (χ4v) is 0.633. The number of hydrogen-bond donors (Lipinski definition) is 0. The molecule has 0 N–H and O–H groups in total. The molecule has 0 bridgehead atoms. The van der Waals surface area contributed by atoms with Gasteiger partial charge in [-0.2, -0.15) is 0 Å². The third kappa shape index (κ3) is 2.29. The number of rotatable bonds is 2. The molecule has 1 aromatic rings. The molecule has 0 saturated heterocycles. The third-order valence-corrected chi connectivity index (χ3v) is 1.13. The van der Waals surface area contributed by atoms with Crippen LogP contribution in [0, 0.1) is 17.0 Å². The molecule has 1 aromatic heterocycles. The van der Waals surface area contributed by atoms with E-state index in [9.17, 15) is 10.1 Å². The minimum atomic E-state index is -0.431. The Balaban J connectivity index is 2.74. The predicted octanol–water partition coefficient (Wildman–Crippen LogP) is 0.562. The Hall–Kier alpha value is -1.52. The van der Waals surface area contributed by atoms with E-state index in [0.29, 0.717) is 5.69 Å². The number of nitrogens with zero attached hydrogens (tertiary/aromatic N) is 3. The van der Waals surface area contributed by atoms with Crippen LogP contribution in [0.15, 0.2) is 12.4 Å². The van der Waals surface area contributed by atoms with Crippen LogP contribution in [0.2, 0.25) is 0 Å². The van der Waals surface area contributed by atoms with E-state index < -0.39 is 4.92 Å². The van der Waals surface area contributed by atoms with E-state index >= 15 is 0 Å². The molecule has 5 heteroatoms. The Morgan fingerprint density at radius 3 is 2.73 bits per heavy atom. The van der Waals surface area contributed by atoms with Gasteiger partial charge in [-0.05, 0) is 6.92 Å². The van der Waals surface area contributed by atoms with Crippen molar-refractivity contribution in [2.75, 3.05) is 0 Å². The van der Waals surface area contributed by atoms with Crippen LogP contribution < -0.4 is 0 Å². The van der Waals surface area contributed by atoms with E-state index in [0.717, 1.165) is 5.69 Å². The molecule has 1 rings (SSSR count). The second kappa shape index (κ2) is 3.05. The zero-order chi connectivity index (χ0) is 8.27. The summed E-state index contributed by atoms with van der Waals surface area (Å²) in [5.41, 5.74) is 1.15. The molecule has 11 heavy (non-hydrogen) atoms. The van der Waals surface area contributed by atoms with Crippen molar-refractivity contribution < 1.29 is 4.92 Å². The second-order valence-electron chi connectivity index (χ2n) is 2.14. The Kier molecular flexibility index (Phi) is 2.10. The molecule has 0 atom stereocenters. The van der Waals surface area contributed by atoms with Crippen molar-refractivity contribution in [1.29, 1.82) is 0 Å². The molecule has 0 saturated carbocycles. The van der Waals surface area contributed by atoms with Crippen LogP contribution in [0.25, 0.3) is 0 Å². The smallest absolute Gasteiger partial charge is 0.247 e. The van der Waals surface area contributed by atoms with Gasteiger partial charge in [0.15, 0.2) is 0 Å². The van der Waals surface area contributed by atoms with Gasteiger partial charge >= 0.3 is 0 Å². The Morgan fingerprint density at radius 1 is 1.55 bits per heavy atom. The average Bonchev–Trinajstić information content (AvgIpc) is 1.93. The molecule has 0 aliphatic carbocycles. The van der Waals surface area contributed by atoms with Crippen molar-refractivity contribution in [2.45, 2.75) is 13.5 Å². The normalized spacial score (nSPS) is 9.55. The third-order valence-electron chi connectivity index (χ3n) is 1.13. The van der Waals surface area contributed by atoms with Gasteiger partial charge in [-0.25, -0.2) is 0 Å². The van der Waals surface area contributed by atoms with Crippen molar-refractivity contribution >= 4 is 0 Å². The molecule has 0 spiro atoms. The van der Waals surface area contributed by atoms with Gasteiger partial charge in [-0.1, -0.05) is 0 Å². The fourth-order valence-electron chi connectivity index (χ4n) is 0.633. The summed E-state index contributed by atoms with van der Waals surface area (Å²) in [4.78, 5) is 17.2. The van der Waals surface area contributed by atoms with Crippen LogP contribution in [0.1, 0.15) is 11.4 Å². The molecule has 0 aliphatic heterocycles. The number of aryl methyl sites for hydroxylation is 1. The van der Waals surface area contributed by atoms with Crippen molar-refractivity contribution in [3.05, 3.63) is 33.9 Å². The first-order valence-electron chi connectivity index (χ1n) is 3.08. The number of hydrogen-bond acceptors (Lipinski definition) is 4. The quantitative estimate of drug-likeness (QED) is 0.460. The molecular weight excluding hydrogens is 146 g/mol. The fraction of sp³-hybridized carbons (Fsp3) is 0.333. The molecule has 0 amide bonds. The van der Waals surface area contributed by atoms with Gasteiger partial charge in [0.25, 0.3) is 0 Å². The second-order valence-corrected chi connectivity index (χ2v) is 2.14. The number of nitro groups is 1. The van der Waals surface area contributed by atoms with Crippen LogP contribution in [0.5, 0.6) is 0 Å². The predicted molar refractivity (Wildman–Crippen MR) is 37.5 cm³/mol. The van der Waals surface area contributed by atoms with Crippen LogP contribution >= 0.6 is 0 Å². The standard InChI is InChI=1S/C6H7N3O2/c1-5-2-8-6(3-7-5)4-9(10)11/h2-3H,4H2,1H3. The molecule has 0 unspecified atom stereocenters. The summed E-state index contributed by atoms with van der Waals surface area (Å²) >= 11 is 0. The Bertz CT molecular complexity index is 257. The summed E-state index contributed by atoms with van der Waals surface area (Å²) in [6.45, 7) is 1.52. The summed E-state index contributed by atoms with van der Waals surface area (Å²) in [7, 11) is 0. The monoisotopic (exact) mass is 153 g/mol. The molecule has 0 radical (unpaired) electrons. The van der Waals surface area contributed by atoms with Gasteiger partial charge in [-0.15, -0.1) is 0 Å². The molecule has 0 fully saturated rings. The topological polar surface area (TPSA) is 68.9 Å². The maximum atomic E-state index is 9.99. The van der Waals surface area contributed by atoms with Gasteiger partial charge in [-0.3, -0.25) is 20.1 Å². The van der Waals surface area contributed by atoms with Crippen molar-refractivity contribution in [2.24, 2.45) is 0 Å². The molecule has 58 valence electrons. The largest absolute Gasteiger partial charge is 0.264 e. The average molecular weight is 153 g/mol. The highest BCUT2D eigenvalue weighted by molar-refractivity contribution is 4.98. The summed E-state index contributed by atoms with van der Waals surface area (Å²) in [6, 6.07) is 0. The minimum absolute atomic E-state index is 0.257. The first-order chi connectivity index (χ1) is 5.18. The van der Waals surface area contributed by atoms with Gasteiger partial charge in [0.2, 0.25) is 6.54 Å². The Labute approximate surface area is 63.3 Å². The van der Waals surface area contributed by atoms with Crippen LogP contribution in [0.3, 0.4) is 0 Å². The van der Waals surface area contributed by atoms with Crippen molar-refractivity contribution in [3.8, 4) is 0 Å².